The second kappa shape index (κ2) is 8.48. The topological polar surface area (TPSA) is 24.5 Å². The van der Waals surface area contributed by atoms with Gasteiger partial charge in [-0.3, -0.25) is 0 Å². The van der Waals surface area contributed by atoms with Crippen LogP contribution in [0.3, 0.4) is 0 Å². The minimum Gasteiger partial charge on any atom is -0.383 e. The number of hydrogen-bond donors (Lipinski definition) is 1. The fraction of sp³-hybridized carbons (Fsp3) is 1.00. The lowest BCUT2D eigenvalue weighted by Crippen LogP contribution is -2.39. The van der Waals surface area contributed by atoms with Gasteiger partial charge in [-0.25, -0.2) is 0 Å². The number of nitrogens with zero attached hydrogens (tertiary/aromatic N) is 1. The molecule has 0 aromatic carbocycles. The Bertz CT molecular complexity index is 109. The first-order valence-corrected chi connectivity index (χ1v) is 5.12. The Balaban J connectivity index is 3.38. The van der Waals surface area contributed by atoms with Gasteiger partial charge in [-0.2, -0.15) is 0 Å². The first kappa shape index (κ1) is 12.9. The van der Waals surface area contributed by atoms with Gasteiger partial charge in [-0.1, -0.05) is 6.92 Å². The number of methoxy groups -OCH3 is 1. The van der Waals surface area contributed by atoms with Crippen LogP contribution in [-0.4, -0.2) is 51.3 Å². The highest BCUT2D eigenvalue weighted by Gasteiger charge is 2.06. The zero-order valence-electron chi connectivity index (χ0n) is 9.47. The fourth-order valence-electron chi connectivity index (χ4n) is 1.10. The molecule has 1 unspecified atom stereocenters. The zero-order chi connectivity index (χ0) is 10.1. The normalized spacial score (nSPS) is 13.6. The van der Waals surface area contributed by atoms with Crippen molar-refractivity contribution in [3.8, 4) is 0 Å². The highest BCUT2D eigenvalue weighted by Crippen LogP contribution is 1.93. The third-order valence-corrected chi connectivity index (χ3v) is 2.27. The maximum absolute atomic E-state index is 5.03. The number of hydrogen-bond acceptors (Lipinski definition) is 3. The van der Waals surface area contributed by atoms with Crippen LogP contribution in [0.4, 0.5) is 0 Å². The van der Waals surface area contributed by atoms with E-state index in [1.807, 2.05) is 0 Å². The van der Waals surface area contributed by atoms with Crippen LogP contribution in [0.1, 0.15) is 20.3 Å². The highest BCUT2D eigenvalue weighted by molar-refractivity contribution is 4.65. The van der Waals surface area contributed by atoms with Crippen LogP contribution in [0, 0.1) is 0 Å². The van der Waals surface area contributed by atoms with Gasteiger partial charge >= 0.3 is 0 Å². The molecular weight excluding hydrogens is 164 g/mol. The monoisotopic (exact) mass is 188 g/mol. The van der Waals surface area contributed by atoms with Crippen molar-refractivity contribution in [1.82, 2.24) is 10.2 Å². The number of nitrogens with one attached hydrogen (secondary N) is 1. The molecule has 0 fully saturated rings. The minimum atomic E-state index is 0.585. The largest absolute Gasteiger partial charge is 0.383 e. The van der Waals surface area contributed by atoms with E-state index in [1.165, 1.54) is 6.42 Å². The molecule has 0 radical (unpaired) electrons. The Labute approximate surface area is 82.4 Å². The summed E-state index contributed by atoms with van der Waals surface area (Å²) in [4.78, 5) is 2.31. The predicted molar refractivity (Wildman–Crippen MR) is 57.1 cm³/mol. The van der Waals surface area contributed by atoms with Gasteiger partial charge in [0.25, 0.3) is 0 Å². The van der Waals surface area contributed by atoms with Crippen LogP contribution in [0.15, 0.2) is 0 Å². The molecule has 1 atom stereocenters. The van der Waals surface area contributed by atoms with E-state index in [2.05, 4.69) is 31.1 Å². The molecule has 0 aromatic rings. The lowest BCUT2D eigenvalue weighted by molar-refractivity contribution is 0.142. The van der Waals surface area contributed by atoms with Crippen LogP contribution >= 0.6 is 0 Å². The molecule has 80 valence electrons. The molecule has 0 saturated heterocycles. The van der Waals surface area contributed by atoms with Gasteiger partial charge in [0.2, 0.25) is 0 Å². The Hall–Kier alpha value is -0.120. The fourth-order valence-corrected chi connectivity index (χ4v) is 1.10. The quantitative estimate of drug-likeness (QED) is 0.574. The Morgan fingerprint density at radius 2 is 2.15 bits per heavy atom. The van der Waals surface area contributed by atoms with Crippen molar-refractivity contribution in [2.75, 3.05) is 40.4 Å². The van der Waals surface area contributed by atoms with Crippen LogP contribution in [0.25, 0.3) is 0 Å². The van der Waals surface area contributed by atoms with Crippen molar-refractivity contribution >= 4 is 0 Å². The first-order valence-electron chi connectivity index (χ1n) is 5.12. The third-order valence-electron chi connectivity index (χ3n) is 2.27. The van der Waals surface area contributed by atoms with E-state index in [1.54, 1.807) is 7.11 Å². The highest BCUT2D eigenvalue weighted by atomic mass is 16.5. The maximum atomic E-state index is 5.03. The van der Waals surface area contributed by atoms with E-state index >= 15 is 0 Å². The van der Waals surface area contributed by atoms with Crippen LogP contribution in [0.5, 0.6) is 0 Å². The predicted octanol–water partition coefficient (Wildman–Crippen LogP) is 0.953. The third kappa shape index (κ3) is 6.99. The van der Waals surface area contributed by atoms with Crippen molar-refractivity contribution in [1.29, 1.82) is 0 Å². The first-order chi connectivity index (χ1) is 6.22. The summed E-state index contributed by atoms with van der Waals surface area (Å²) in [5.74, 6) is 0. The van der Waals surface area contributed by atoms with Gasteiger partial charge in [0.15, 0.2) is 0 Å². The second-order valence-corrected chi connectivity index (χ2v) is 3.53. The van der Waals surface area contributed by atoms with E-state index in [4.69, 9.17) is 4.74 Å². The molecule has 0 aliphatic heterocycles. The van der Waals surface area contributed by atoms with Gasteiger partial charge in [0, 0.05) is 26.2 Å². The summed E-state index contributed by atoms with van der Waals surface area (Å²) in [7, 11) is 3.88. The van der Waals surface area contributed by atoms with Crippen molar-refractivity contribution in [3.63, 3.8) is 0 Å². The van der Waals surface area contributed by atoms with Crippen molar-refractivity contribution in [2.24, 2.45) is 0 Å². The smallest absolute Gasteiger partial charge is 0.0589 e. The van der Waals surface area contributed by atoms with Gasteiger partial charge in [0.05, 0.1) is 6.61 Å². The van der Waals surface area contributed by atoms with Crippen molar-refractivity contribution < 1.29 is 4.74 Å². The summed E-state index contributed by atoms with van der Waals surface area (Å²) in [5.41, 5.74) is 0. The molecule has 0 heterocycles. The lowest BCUT2D eigenvalue weighted by atomic mass is 10.3. The van der Waals surface area contributed by atoms with Crippen LogP contribution in [0.2, 0.25) is 0 Å². The van der Waals surface area contributed by atoms with E-state index in [0.717, 1.165) is 26.2 Å². The van der Waals surface area contributed by atoms with Gasteiger partial charge in [0.1, 0.15) is 0 Å². The van der Waals surface area contributed by atoms with E-state index in [0.29, 0.717) is 6.04 Å². The second-order valence-electron chi connectivity index (χ2n) is 3.53. The molecule has 0 aromatic heterocycles. The molecule has 0 aliphatic rings. The van der Waals surface area contributed by atoms with E-state index in [-0.39, 0.29) is 0 Å². The van der Waals surface area contributed by atoms with Crippen LogP contribution in [-0.2, 0) is 4.74 Å². The van der Waals surface area contributed by atoms with Crippen molar-refractivity contribution in [3.05, 3.63) is 0 Å². The summed E-state index contributed by atoms with van der Waals surface area (Å²) < 4.78 is 5.03. The summed E-state index contributed by atoms with van der Waals surface area (Å²) in [5, 5.41) is 3.41. The maximum Gasteiger partial charge on any atom is 0.0589 e. The van der Waals surface area contributed by atoms with Crippen molar-refractivity contribution in [2.45, 2.75) is 26.3 Å². The number of likely N-dealkylation sites (N-methyl/N-ethyl adjacent to an activating group) is 1. The summed E-state index contributed by atoms with van der Waals surface area (Å²) in [6.07, 6.45) is 1.20. The molecule has 0 aliphatic carbocycles. The van der Waals surface area contributed by atoms with E-state index < -0.39 is 0 Å². The SMILES string of the molecule is CCCNCC(C)N(C)CCOC. The molecule has 0 bridgehead atoms. The Morgan fingerprint density at radius 3 is 2.69 bits per heavy atom. The molecule has 0 amide bonds. The molecule has 13 heavy (non-hydrogen) atoms. The Kier molecular flexibility index (Phi) is 8.40. The summed E-state index contributed by atoms with van der Waals surface area (Å²) in [6.45, 7) is 8.42. The molecule has 3 nitrogen and oxygen atoms in total. The van der Waals surface area contributed by atoms with Crippen LogP contribution < -0.4 is 5.32 Å². The number of rotatable bonds is 8. The summed E-state index contributed by atoms with van der Waals surface area (Å²) in [6, 6.07) is 0.585. The van der Waals surface area contributed by atoms with Gasteiger partial charge in [-0.05, 0) is 26.9 Å². The average Bonchev–Trinajstić information content (AvgIpc) is 2.14. The molecule has 0 rings (SSSR count). The summed E-state index contributed by atoms with van der Waals surface area (Å²) >= 11 is 0. The van der Waals surface area contributed by atoms with Gasteiger partial charge in [-0.15, -0.1) is 0 Å². The molecule has 0 spiro atoms. The zero-order valence-corrected chi connectivity index (χ0v) is 9.47. The van der Waals surface area contributed by atoms with Gasteiger partial charge < -0.3 is 15.0 Å². The molecule has 0 saturated carbocycles. The standard InChI is InChI=1S/C10H24N2O/c1-5-6-11-9-10(2)12(3)7-8-13-4/h10-11H,5-9H2,1-4H3. The lowest BCUT2D eigenvalue weighted by Gasteiger charge is -2.24. The van der Waals surface area contributed by atoms with E-state index in [9.17, 15) is 0 Å². The molecule has 1 N–H and O–H groups in total. The molecule has 3 heteroatoms. The Morgan fingerprint density at radius 1 is 1.46 bits per heavy atom. The average molecular weight is 188 g/mol. The molecular formula is C10H24N2O. The minimum absolute atomic E-state index is 0.585. The number of ether oxygens (including phenoxy) is 1.